The van der Waals surface area contributed by atoms with E-state index < -0.39 is 0 Å². The zero-order chi connectivity index (χ0) is 20.0. The summed E-state index contributed by atoms with van der Waals surface area (Å²) >= 11 is 0. The Morgan fingerprint density at radius 3 is 2.22 bits per heavy atom. The summed E-state index contributed by atoms with van der Waals surface area (Å²) in [4.78, 5) is 14.5. The quantitative estimate of drug-likeness (QED) is 0.655. The monoisotopic (exact) mass is 377 g/mol. The predicted molar refractivity (Wildman–Crippen MR) is 108 cm³/mol. The highest BCUT2D eigenvalue weighted by Crippen LogP contribution is 2.44. The average Bonchev–Trinajstić information content (AvgIpc) is 2.67. The molecule has 0 spiro atoms. The number of ether oxygens (including phenoxy) is 3. The Labute approximate surface area is 164 Å². The zero-order valence-electron chi connectivity index (χ0n) is 17.8. The third-order valence-corrected chi connectivity index (χ3v) is 5.54. The Morgan fingerprint density at radius 1 is 1.07 bits per heavy atom. The van der Waals surface area contributed by atoms with Crippen molar-refractivity contribution in [3.8, 4) is 17.2 Å². The van der Waals surface area contributed by atoms with E-state index in [1.807, 2.05) is 13.1 Å². The maximum absolute atomic E-state index is 12.7. The maximum atomic E-state index is 12.7. The standard InChI is InChI=1S/C22H35NO4/c1-15(2)20-18(25-4)13-17(21(26-5)22(20)27-6)14-23(3)19(24)12-16-10-8-7-9-11-16/h13,15-16H,7-12,14H2,1-6H3. The smallest absolute Gasteiger partial charge is 0.222 e. The van der Waals surface area contributed by atoms with Gasteiger partial charge in [-0.05, 0) is 30.7 Å². The molecule has 5 nitrogen and oxygen atoms in total. The minimum Gasteiger partial charge on any atom is -0.496 e. The second-order valence-electron chi connectivity index (χ2n) is 7.83. The van der Waals surface area contributed by atoms with E-state index in [-0.39, 0.29) is 11.8 Å². The van der Waals surface area contributed by atoms with E-state index in [2.05, 4.69) is 13.8 Å². The van der Waals surface area contributed by atoms with Crippen LogP contribution in [0.4, 0.5) is 0 Å². The van der Waals surface area contributed by atoms with Crippen LogP contribution in [0.1, 0.15) is 69.4 Å². The van der Waals surface area contributed by atoms with Gasteiger partial charge in [-0.15, -0.1) is 0 Å². The molecule has 0 N–H and O–H groups in total. The molecule has 27 heavy (non-hydrogen) atoms. The van der Waals surface area contributed by atoms with Gasteiger partial charge in [-0.1, -0.05) is 33.1 Å². The summed E-state index contributed by atoms with van der Waals surface area (Å²) in [6, 6.07) is 1.97. The van der Waals surface area contributed by atoms with Crippen molar-refractivity contribution in [2.45, 2.75) is 64.8 Å². The van der Waals surface area contributed by atoms with Crippen LogP contribution in [0.15, 0.2) is 6.07 Å². The molecule has 1 aromatic rings. The van der Waals surface area contributed by atoms with Gasteiger partial charge in [-0.3, -0.25) is 4.79 Å². The van der Waals surface area contributed by atoms with Crippen molar-refractivity contribution in [1.82, 2.24) is 4.90 Å². The molecule has 0 atom stereocenters. The number of carbonyl (C=O) groups excluding carboxylic acids is 1. The Kier molecular flexibility index (Phi) is 7.81. The van der Waals surface area contributed by atoms with Crippen LogP contribution in [0.5, 0.6) is 17.2 Å². The third-order valence-electron chi connectivity index (χ3n) is 5.54. The van der Waals surface area contributed by atoms with E-state index in [1.165, 1.54) is 32.1 Å². The molecule has 1 aromatic carbocycles. The zero-order valence-corrected chi connectivity index (χ0v) is 17.8. The van der Waals surface area contributed by atoms with Gasteiger partial charge < -0.3 is 19.1 Å². The molecule has 2 rings (SSSR count). The summed E-state index contributed by atoms with van der Waals surface area (Å²) < 4.78 is 17.0. The van der Waals surface area contributed by atoms with Crippen molar-refractivity contribution in [3.63, 3.8) is 0 Å². The second kappa shape index (κ2) is 9.86. The molecule has 0 aliphatic heterocycles. The van der Waals surface area contributed by atoms with Gasteiger partial charge in [0.1, 0.15) is 5.75 Å². The molecular formula is C22H35NO4. The van der Waals surface area contributed by atoms with Crippen molar-refractivity contribution < 1.29 is 19.0 Å². The second-order valence-corrected chi connectivity index (χ2v) is 7.83. The molecule has 0 unspecified atom stereocenters. The number of methoxy groups -OCH3 is 3. The Hall–Kier alpha value is -1.91. The number of hydrogen-bond donors (Lipinski definition) is 0. The van der Waals surface area contributed by atoms with E-state index in [9.17, 15) is 4.79 Å². The molecule has 1 aliphatic rings. The summed E-state index contributed by atoms with van der Waals surface area (Å²) in [5.41, 5.74) is 1.88. The Balaban J connectivity index is 2.24. The van der Waals surface area contributed by atoms with E-state index >= 15 is 0 Å². The number of carbonyl (C=O) groups is 1. The Bertz CT molecular complexity index is 636. The van der Waals surface area contributed by atoms with E-state index in [0.717, 1.165) is 16.9 Å². The minimum absolute atomic E-state index is 0.190. The van der Waals surface area contributed by atoms with Gasteiger partial charge in [0.2, 0.25) is 5.91 Å². The highest BCUT2D eigenvalue weighted by Gasteiger charge is 2.25. The third kappa shape index (κ3) is 5.08. The molecule has 0 saturated heterocycles. The molecule has 0 heterocycles. The van der Waals surface area contributed by atoms with Crippen LogP contribution in [0.3, 0.4) is 0 Å². The van der Waals surface area contributed by atoms with Crippen LogP contribution >= 0.6 is 0 Å². The normalized spacial score (nSPS) is 14.9. The molecule has 0 aromatic heterocycles. The molecule has 1 fully saturated rings. The summed E-state index contributed by atoms with van der Waals surface area (Å²) in [5, 5.41) is 0. The Morgan fingerprint density at radius 2 is 1.70 bits per heavy atom. The minimum atomic E-state index is 0.190. The van der Waals surface area contributed by atoms with Gasteiger partial charge in [0.25, 0.3) is 0 Å². The number of amides is 1. The van der Waals surface area contributed by atoms with Crippen LogP contribution in [0.2, 0.25) is 0 Å². The van der Waals surface area contributed by atoms with Crippen molar-refractivity contribution in [3.05, 3.63) is 17.2 Å². The molecule has 0 radical (unpaired) electrons. The van der Waals surface area contributed by atoms with Gasteiger partial charge in [-0.2, -0.15) is 0 Å². The molecule has 152 valence electrons. The van der Waals surface area contributed by atoms with Crippen LogP contribution in [0.25, 0.3) is 0 Å². The van der Waals surface area contributed by atoms with Crippen molar-refractivity contribution in [1.29, 1.82) is 0 Å². The molecular weight excluding hydrogens is 342 g/mol. The fourth-order valence-electron chi connectivity index (χ4n) is 4.08. The van der Waals surface area contributed by atoms with Crippen LogP contribution in [-0.4, -0.2) is 39.2 Å². The topological polar surface area (TPSA) is 48.0 Å². The molecule has 5 heteroatoms. The van der Waals surface area contributed by atoms with Crippen LogP contribution in [-0.2, 0) is 11.3 Å². The SMILES string of the molecule is COc1cc(CN(C)C(=O)CC2CCCCC2)c(OC)c(OC)c1C(C)C. The number of benzene rings is 1. The van der Waals surface area contributed by atoms with Gasteiger partial charge in [0.15, 0.2) is 11.5 Å². The summed E-state index contributed by atoms with van der Waals surface area (Å²) in [7, 11) is 6.81. The van der Waals surface area contributed by atoms with Crippen LogP contribution in [0, 0.1) is 5.92 Å². The molecule has 1 saturated carbocycles. The first-order valence-corrected chi connectivity index (χ1v) is 9.98. The van der Waals surface area contributed by atoms with E-state index in [1.54, 1.807) is 26.2 Å². The predicted octanol–water partition coefficient (Wildman–Crippen LogP) is 4.76. The summed E-state index contributed by atoms with van der Waals surface area (Å²) in [6.45, 7) is 4.67. The summed E-state index contributed by atoms with van der Waals surface area (Å²) in [5.74, 6) is 3.08. The lowest BCUT2D eigenvalue weighted by Gasteiger charge is -2.26. The largest absolute Gasteiger partial charge is 0.496 e. The van der Waals surface area contributed by atoms with Crippen molar-refractivity contribution in [2.24, 2.45) is 5.92 Å². The molecule has 1 aliphatic carbocycles. The average molecular weight is 378 g/mol. The van der Waals surface area contributed by atoms with Gasteiger partial charge in [0.05, 0.1) is 21.3 Å². The van der Waals surface area contributed by atoms with E-state index in [4.69, 9.17) is 14.2 Å². The highest BCUT2D eigenvalue weighted by atomic mass is 16.5. The molecule has 0 bridgehead atoms. The lowest BCUT2D eigenvalue weighted by molar-refractivity contribution is -0.131. The lowest BCUT2D eigenvalue weighted by atomic mass is 9.86. The van der Waals surface area contributed by atoms with Crippen molar-refractivity contribution in [2.75, 3.05) is 28.4 Å². The first-order valence-electron chi connectivity index (χ1n) is 9.98. The fraction of sp³-hybridized carbons (Fsp3) is 0.682. The molecule has 1 amide bonds. The number of hydrogen-bond acceptors (Lipinski definition) is 4. The fourth-order valence-corrected chi connectivity index (χ4v) is 4.08. The highest BCUT2D eigenvalue weighted by molar-refractivity contribution is 5.76. The van der Waals surface area contributed by atoms with E-state index in [0.29, 0.717) is 30.4 Å². The lowest BCUT2D eigenvalue weighted by Crippen LogP contribution is -2.28. The number of nitrogens with zero attached hydrogens (tertiary/aromatic N) is 1. The summed E-state index contributed by atoms with van der Waals surface area (Å²) in [6.07, 6.45) is 6.79. The first-order chi connectivity index (χ1) is 12.9. The maximum Gasteiger partial charge on any atom is 0.222 e. The van der Waals surface area contributed by atoms with Gasteiger partial charge in [0, 0.05) is 31.1 Å². The number of rotatable bonds is 8. The van der Waals surface area contributed by atoms with Crippen molar-refractivity contribution >= 4 is 5.91 Å². The van der Waals surface area contributed by atoms with Gasteiger partial charge >= 0.3 is 0 Å². The van der Waals surface area contributed by atoms with Gasteiger partial charge in [-0.25, -0.2) is 0 Å². The van der Waals surface area contributed by atoms with Crippen LogP contribution < -0.4 is 14.2 Å². The first kappa shape index (κ1) is 21.4.